The van der Waals surface area contributed by atoms with Gasteiger partial charge < -0.3 is 9.88 Å². The molecule has 0 aliphatic heterocycles. The van der Waals surface area contributed by atoms with E-state index in [0.29, 0.717) is 11.6 Å². The molecule has 1 heterocycles. The normalized spacial score (nSPS) is 28.5. The molecule has 2 fully saturated rings. The van der Waals surface area contributed by atoms with Crippen LogP contribution in [-0.4, -0.2) is 21.5 Å². The lowest BCUT2D eigenvalue weighted by atomic mass is 9.68. The van der Waals surface area contributed by atoms with Crippen LogP contribution in [0.15, 0.2) is 30.3 Å². The Morgan fingerprint density at radius 1 is 1.26 bits per heavy atom. The van der Waals surface area contributed by atoms with Crippen LogP contribution in [0.25, 0.3) is 5.69 Å². The average molecular weight is 366 g/mol. The molecule has 2 saturated carbocycles. The first-order valence-corrected chi connectivity index (χ1v) is 10.2. The Labute approximate surface area is 162 Å². The second-order valence-electron chi connectivity index (χ2n) is 9.30. The van der Waals surface area contributed by atoms with E-state index in [4.69, 9.17) is 0 Å². The fourth-order valence-electron chi connectivity index (χ4n) is 5.87. The quantitative estimate of drug-likeness (QED) is 0.854. The number of aryl methyl sites for hydroxylation is 1. The van der Waals surface area contributed by atoms with E-state index in [9.17, 15) is 4.79 Å². The molecule has 2 bridgehead atoms. The van der Waals surface area contributed by atoms with Gasteiger partial charge in [-0.1, -0.05) is 45.9 Å². The molecular formula is C23H31N3O. The van der Waals surface area contributed by atoms with Crippen molar-refractivity contribution in [2.45, 2.75) is 66.3 Å². The predicted octanol–water partition coefficient (Wildman–Crippen LogP) is 4.69. The van der Waals surface area contributed by atoms with Gasteiger partial charge in [-0.05, 0) is 61.5 Å². The number of hydrogen-bond acceptors (Lipinski definition) is 2. The van der Waals surface area contributed by atoms with Crippen LogP contribution in [0, 0.1) is 23.7 Å². The summed E-state index contributed by atoms with van der Waals surface area (Å²) in [5.41, 5.74) is 2.99. The van der Waals surface area contributed by atoms with Crippen LogP contribution in [0.1, 0.15) is 69.0 Å². The summed E-state index contributed by atoms with van der Waals surface area (Å²) in [5.74, 6) is 1.56. The standard InChI is InChI=1S/C23H31N3O/c1-6-18-19(24-15(2)26(18)17-10-8-7-9-11-17)20(27)25-21-22(3,4)16-12-13-23(21,5)14-16/h7-11,16,21H,6,12-14H2,1-5H3,(H,25,27)/t16?,21-,23+/m1/s1. The molecule has 1 amide bonds. The van der Waals surface area contributed by atoms with Gasteiger partial charge in [-0.25, -0.2) is 4.98 Å². The minimum Gasteiger partial charge on any atom is -0.347 e. The van der Waals surface area contributed by atoms with Gasteiger partial charge in [-0.3, -0.25) is 4.79 Å². The number of benzene rings is 1. The smallest absolute Gasteiger partial charge is 0.272 e. The van der Waals surface area contributed by atoms with Crippen LogP contribution < -0.4 is 5.32 Å². The molecule has 1 N–H and O–H groups in total. The molecule has 2 aliphatic rings. The Kier molecular flexibility index (Phi) is 4.21. The third-order valence-electron chi connectivity index (χ3n) is 7.25. The van der Waals surface area contributed by atoms with Gasteiger partial charge >= 0.3 is 0 Å². The minimum absolute atomic E-state index is 0.0171. The topological polar surface area (TPSA) is 46.9 Å². The lowest BCUT2D eigenvalue weighted by molar-refractivity contribution is 0.0732. The number of fused-ring (bicyclic) bond motifs is 2. The van der Waals surface area contributed by atoms with E-state index >= 15 is 0 Å². The van der Waals surface area contributed by atoms with E-state index in [1.165, 1.54) is 19.3 Å². The monoisotopic (exact) mass is 365 g/mol. The molecule has 27 heavy (non-hydrogen) atoms. The zero-order valence-electron chi connectivity index (χ0n) is 17.2. The number of carbonyl (C=O) groups excluding carboxylic acids is 1. The molecule has 2 aliphatic carbocycles. The first kappa shape index (κ1) is 18.3. The number of nitrogens with one attached hydrogen (secondary N) is 1. The number of hydrogen-bond donors (Lipinski definition) is 1. The Hall–Kier alpha value is -2.10. The van der Waals surface area contributed by atoms with Gasteiger partial charge in [-0.15, -0.1) is 0 Å². The summed E-state index contributed by atoms with van der Waals surface area (Å²) < 4.78 is 2.11. The Bertz CT molecular complexity index is 862. The summed E-state index contributed by atoms with van der Waals surface area (Å²) in [4.78, 5) is 18.0. The van der Waals surface area contributed by atoms with Crippen molar-refractivity contribution in [1.82, 2.24) is 14.9 Å². The molecule has 0 saturated heterocycles. The molecule has 4 rings (SSSR count). The molecule has 4 heteroatoms. The van der Waals surface area contributed by atoms with Gasteiger partial charge in [0, 0.05) is 11.7 Å². The van der Waals surface area contributed by atoms with E-state index < -0.39 is 0 Å². The van der Waals surface area contributed by atoms with Crippen molar-refractivity contribution in [3.8, 4) is 5.69 Å². The van der Waals surface area contributed by atoms with Crippen molar-refractivity contribution in [2.75, 3.05) is 0 Å². The van der Waals surface area contributed by atoms with E-state index in [0.717, 1.165) is 23.6 Å². The summed E-state index contributed by atoms with van der Waals surface area (Å²) >= 11 is 0. The van der Waals surface area contributed by atoms with Crippen LogP contribution in [0.5, 0.6) is 0 Å². The number of aromatic nitrogens is 2. The highest BCUT2D eigenvalue weighted by Crippen LogP contribution is 2.62. The Morgan fingerprint density at radius 3 is 2.56 bits per heavy atom. The maximum atomic E-state index is 13.3. The summed E-state index contributed by atoms with van der Waals surface area (Å²) in [6.07, 6.45) is 4.50. The molecule has 0 radical (unpaired) electrons. The molecule has 144 valence electrons. The molecule has 1 unspecified atom stereocenters. The summed E-state index contributed by atoms with van der Waals surface area (Å²) in [5, 5.41) is 3.41. The third kappa shape index (κ3) is 2.72. The fourth-order valence-corrected chi connectivity index (χ4v) is 5.87. The van der Waals surface area contributed by atoms with Crippen molar-refractivity contribution in [3.05, 3.63) is 47.5 Å². The molecule has 1 aromatic heterocycles. The number of imidazole rings is 1. The largest absolute Gasteiger partial charge is 0.347 e. The van der Waals surface area contributed by atoms with Crippen molar-refractivity contribution < 1.29 is 4.79 Å². The Balaban J connectivity index is 1.67. The molecular weight excluding hydrogens is 334 g/mol. The summed E-state index contributed by atoms with van der Waals surface area (Å²) in [6, 6.07) is 10.4. The second-order valence-corrected chi connectivity index (χ2v) is 9.30. The van der Waals surface area contributed by atoms with Crippen LogP contribution >= 0.6 is 0 Å². The number of carbonyl (C=O) groups is 1. The number of rotatable bonds is 4. The molecule has 1 aromatic carbocycles. The van der Waals surface area contributed by atoms with Crippen LogP contribution in [0.4, 0.5) is 0 Å². The van der Waals surface area contributed by atoms with Crippen molar-refractivity contribution >= 4 is 5.91 Å². The first-order chi connectivity index (χ1) is 12.8. The lowest BCUT2D eigenvalue weighted by Crippen LogP contribution is -2.52. The second kappa shape index (κ2) is 6.22. The average Bonchev–Trinajstić information content (AvgIpc) is 3.25. The molecule has 4 nitrogen and oxygen atoms in total. The van der Waals surface area contributed by atoms with Crippen LogP contribution in [0.2, 0.25) is 0 Å². The minimum atomic E-state index is -0.0171. The maximum Gasteiger partial charge on any atom is 0.272 e. The highest BCUT2D eigenvalue weighted by molar-refractivity contribution is 5.94. The van der Waals surface area contributed by atoms with Gasteiger partial charge in [0.05, 0.1) is 5.69 Å². The first-order valence-electron chi connectivity index (χ1n) is 10.2. The van der Waals surface area contributed by atoms with E-state index in [2.05, 4.69) is 54.7 Å². The van der Waals surface area contributed by atoms with Crippen LogP contribution in [-0.2, 0) is 6.42 Å². The van der Waals surface area contributed by atoms with Crippen LogP contribution in [0.3, 0.4) is 0 Å². The van der Waals surface area contributed by atoms with Crippen molar-refractivity contribution in [2.24, 2.45) is 16.7 Å². The van der Waals surface area contributed by atoms with E-state index in [-0.39, 0.29) is 22.8 Å². The predicted molar refractivity (Wildman–Crippen MR) is 108 cm³/mol. The summed E-state index contributed by atoms with van der Waals surface area (Å²) in [6.45, 7) is 11.1. The SMILES string of the molecule is CCc1c(C(=O)N[C@@H]2C(C)(C)C3CC[C@@]2(C)C3)nc(C)n1-c1ccccc1. The zero-order valence-corrected chi connectivity index (χ0v) is 17.2. The van der Waals surface area contributed by atoms with Gasteiger partial charge in [0.25, 0.3) is 5.91 Å². The van der Waals surface area contributed by atoms with Crippen molar-refractivity contribution in [3.63, 3.8) is 0 Å². The Morgan fingerprint density at radius 2 is 1.96 bits per heavy atom. The summed E-state index contributed by atoms with van der Waals surface area (Å²) in [7, 11) is 0. The van der Waals surface area contributed by atoms with Gasteiger partial charge in [0.1, 0.15) is 11.5 Å². The zero-order chi connectivity index (χ0) is 19.4. The number of amides is 1. The fraction of sp³-hybridized carbons (Fsp3) is 0.565. The van der Waals surface area contributed by atoms with Gasteiger partial charge in [0.2, 0.25) is 0 Å². The lowest BCUT2D eigenvalue weighted by Gasteiger charge is -2.43. The van der Waals surface area contributed by atoms with E-state index in [1.54, 1.807) is 0 Å². The maximum absolute atomic E-state index is 13.3. The van der Waals surface area contributed by atoms with Gasteiger partial charge in [0.15, 0.2) is 0 Å². The highest BCUT2D eigenvalue weighted by Gasteiger charge is 2.59. The molecule has 0 spiro atoms. The number of para-hydroxylation sites is 1. The third-order valence-corrected chi connectivity index (χ3v) is 7.25. The van der Waals surface area contributed by atoms with Crippen molar-refractivity contribution in [1.29, 1.82) is 0 Å². The molecule has 3 atom stereocenters. The highest BCUT2D eigenvalue weighted by atomic mass is 16.2. The van der Waals surface area contributed by atoms with E-state index in [1.807, 2.05) is 25.1 Å². The van der Waals surface area contributed by atoms with Gasteiger partial charge in [-0.2, -0.15) is 0 Å². The molecule has 2 aromatic rings. The number of nitrogens with zero attached hydrogens (tertiary/aromatic N) is 2.